The average molecular weight is 339 g/mol. The van der Waals surface area contributed by atoms with Crippen LogP contribution in [0.3, 0.4) is 0 Å². The SMILES string of the molecule is Cc1ccc(Cl)cc1Nc1cc(NC(C)c2ccccc2)ncn1. The summed E-state index contributed by atoms with van der Waals surface area (Å²) in [5, 5.41) is 7.37. The molecule has 2 aromatic carbocycles. The van der Waals surface area contributed by atoms with E-state index in [9.17, 15) is 0 Å². The Morgan fingerprint density at radius 3 is 2.50 bits per heavy atom. The first-order chi connectivity index (χ1) is 11.6. The summed E-state index contributed by atoms with van der Waals surface area (Å²) in [6.07, 6.45) is 1.54. The van der Waals surface area contributed by atoms with Gasteiger partial charge in [0.1, 0.15) is 18.0 Å². The molecule has 24 heavy (non-hydrogen) atoms. The van der Waals surface area contributed by atoms with Gasteiger partial charge in [-0.1, -0.05) is 48.0 Å². The first kappa shape index (κ1) is 16.3. The second-order valence-electron chi connectivity index (χ2n) is 5.65. The fraction of sp³-hybridized carbons (Fsp3) is 0.158. The van der Waals surface area contributed by atoms with E-state index in [1.165, 1.54) is 5.56 Å². The van der Waals surface area contributed by atoms with Crippen LogP contribution in [0.2, 0.25) is 5.02 Å². The number of aryl methyl sites for hydroxylation is 1. The molecule has 0 bridgehead atoms. The van der Waals surface area contributed by atoms with Crippen LogP contribution in [0, 0.1) is 6.92 Å². The lowest BCUT2D eigenvalue weighted by molar-refractivity contribution is 0.872. The average Bonchev–Trinajstić information content (AvgIpc) is 2.59. The van der Waals surface area contributed by atoms with Crippen LogP contribution in [0.15, 0.2) is 60.9 Å². The van der Waals surface area contributed by atoms with Crippen LogP contribution < -0.4 is 10.6 Å². The van der Waals surface area contributed by atoms with Crippen LogP contribution in [0.4, 0.5) is 17.3 Å². The third kappa shape index (κ3) is 4.03. The molecule has 0 fully saturated rings. The van der Waals surface area contributed by atoms with E-state index in [1.54, 1.807) is 6.33 Å². The van der Waals surface area contributed by atoms with Crippen LogP contribution in [0.25, 0.3) is 0 Å². The van der Waals surface area contributed by atoms with E-state index < -0.39 is 0 Å². The fourth-order valence-corrected chi connectivity index (χ4v) is 2.59. The number of anilines is 3. The highest BCUT2D eigenvalue weighted by atomic mass is 35.5. The van der Waals surface area contributed by atoms with Crippen molar-refractivity contribution in [3.8, 4) is 0 Å². The van der Waals surface area contributed by atoms with Crippen molar-refractivity contribution in [2.75, 3.05) is 10.6 Å². The number of aromatic nitrogens is 2. The minimum absolute atomic E-state index is 0.154. The largest absolute Gasteiger partial charge is 0.363 e. The zero-order valence-corrected chi connectivity index (χ0v) is 14.4. The van der Waals surface area contributed by atoms with Crippen LogP contribution in [-0.4, -0.2) is 9.97 Å². The molecule has 3 aromatic rings. The summed E-state index contributed by atoms with van der Waals surface area (Å²) in [7, 11) is 0. The van der Waals surface area contributed by atoms with E-state index in [4.69, 9.17) is 11.6 Å². The zero-order chi connectivity index (χ0) is 16.9. The molecular formula is C19H19ClN4. The summed E-state index contributed by atoms with van der Waals surface area (Å²) < 4.78 is 0. The Morgan fingerprint density at radius 2 is 1.71 bits per heavy atom. The lowest BCUT2D eigenvalue weighted by Gasteiger charge is -2.15. The fourth-order valence-electron chi connectivity index (χ4n) is 2.42. The molecule has 122 valence electrons. The van der Waals surface area contributed by atoms with Crippen molar-refractivity contribution in [3.05, 3.63) is 77.1 Å². The number of nitrogens with zero attached hydrogens (tertiary/aromatic N) is 2. The quantitative estimate of drug-likeness (QED) is 0.658. The highest BCUT2D eigenvalue weighted by Gasteiger charge is 2.07. The normalized spacial score (nSPS) is 11.8. The molecule has 3 rings (SSSR count). The van der Waals surface area contributed by atoms with Crippen molar-refractivity contribution in [2.24, 2.45) is 0 Å². The van der Waals surface area contributed by atoms with Gasteiger partial charge in [-0.3, -0.25) is 0 Å². The highest BCUT2D eigenvalue weighted by molar-refractivity contribution is 6.30. The maximum Gasteiger partial charge on any atom is 0.135 e. The van der Waals surface area contributed by atoms with E-state index in [0.717, 1.165) is 22.9 Å². The maximum atomic E-state index is 6.07. The minimum Gasteiger partial charge on any atom is -0.363 e. The van der Waals surface area contributed by atoms with Crippen molar-refractivity contribution >= 4 is 28.9 Å². The van der Waals surface area contributed by atoms with Gasteiger partial charge in [0.25, 0.3) is 0 Å². The van der Waals surface area contributed by atoms with E-state index in [0.29, 0.717) is 5.02 Å². The molecule has 1 atom stereocenters. The Kier molecular flexibility index (Phi) is 4.96. The molecule has 4 nitrogen and oxygen atoms in total. The highest BCUT2D eigenvalue weighted by Crippen LogP contribution is 2.24. The lowest BCUT2D eigenvalue weighted by atomic mass is 10.1. The van der Waals surface area contributed by atoms with Gasteiger partial charge in [-0.15, -0.1) is 0 Å². The number of halogens is 1. The Labute approximate surface area is 146 Å². The molecule has 0 spiro atoms. The Hall–Kier alpha value is -2.59. The summed E-state index contributed by atoms with van der Waals surface area (Å²) >= 11 is 6.07. The van der Waals surface area contributed by atoms with Gasteiger partial charge in [0.15, 0.2) is 0 Å². The third-order valence-corrected chi connectivity index (χ3v) is 4.03. The Bertz CT molecular complexity index is 821. The molecule has 2 N–H and O–H groups in total. The smallest absolute Gasteiger partial charge is 0.135 e. The molecular weight excluding hydrogens is 320 g/mol. The lowest BCUT2D eigenvalue weighted by Crippen LogP contribution is -2.08. The summed E-state index contributed by atoms with van der Waals surface area (Å²) in [6, 6.07) is 18.0. The molecule has 1 aromatic heterocycles. The van der Waals surface area contributed by atoms with E-state index in [-0.39, 0.29) is 6.04 Å². The van der Waals surface area contributed by atoms with E-state index >= 15 is 0 Å². The maximum absolute atomic E-state index is 6.07. The number of hydrogen-bond donors (Lipinski definition) is 2. The topological polar surface area (TPSA) is 49.8 Å². The van der Waals surface area contributed by atoms with Crippen molar-refractivity contribution in [1.29, 1.82) is 0 Å². The van der Waals surface area contributed by atoms with Crippen molar-refractivity contribution < 1.29 is 0 Å². The zero-order valence-electron chi connectivity index (χ0n) is 13.6. The van der Waals surface area contributed by atoms with Gasteiger partial charge in [-0.25, -0.2) is 9.97 Å². The van der Waals surface area contributed by atoms with Crippen LogP contribution in [0.1, 0.15) is 24.1 Å². The summed E-state index contributed by atoms with van der Waals surface area (Å²) in [5.74, 6) is 1.49. The standard InChI is InChI=1S/C19H19ClN4/c1-13-8-9-16(20)10-17(13)24-19-11-18(21-12-22-19)23-14(2)15-6-4-3-5-7-15/h3-12,14H,1-2H3,(H2,21,22,23,24). The molecule has 5 heteroatoms. The molecule has 0 saturated heterocycles. The van der Waals surface area contributed by atoms with Crippen LogP contribution >= 0.6 is 11.6 Å². The van der Waals surface area contributed by atoms with Gasteiger partial charge in [0, 0.05) is 22.8 Å². The molecule has 1 unspecified atom stereocenters. The predicted molar refractivity (Wildman–Crippen MR) is 100.0 cm³/mol. The second kappa shape index (κ2) is 7.32. The van der Waals surface area contributed by atoms with E-state index in [2.05, 4.69) is 39.7 Å². The minimum atomic E-state index is 0.154. The number of nitrogens with one attached hydrogen (secondary N) is 2. The second-order valence-corrected chi connectivity index (χ2v) is 6.09. The molecule has 0 aliphatic rings. The van der Waals surface area contributed by atoms with Crippen molar-refractivity contribution in [3.63, 3.8) is 0 Å². The van der Waals surface area contributed by atoms with Gasteiger partial charge in [0.2, 0.25) is 0 Å². The summed E-state index contributed by atoms with van der Waals surface area (Å²) in [4.78, 5) is 8.58. The van der Waals surface area contributed by atoms with Gasteiger partial charge < -0.3 is 10.6 Å². The van der Waals surface area contributed by atoms with E-state index in [1.807, 2.05) is 49.4 Å². The van der Waals surface area contributed by atoms with Gasteiger partial charge in [-0.05, 0) is 37.1 Å². The number of benzene rings is 2. The molecule has 0 saturated carbocycles. The molecule has 0 aliphatic carbocycles. The Balaban J connectivity index is 1.76. The van der Waals surface area contributed by atoms with Gasteiger partial charge in [0.05, 0.1) is 0 Å². The first-order valence-electron chi connectivity index (χ1n) is 7.78. The summed E-state index contributed by atoms with van der Waals surface area (Å²) in [6.45, 7) is 4.13. The molecule has 0 amide bonds. The van der Waals surface area contributed by atoms with Crippen LogP contribution in [0.5, 0.6) is 0 Å². The third-order valence-electron chi connectivity index (χ3n) is 3.79. The molecule has 0 aliphatic heterocycles. The monoisotopic (exact) mass is 338 g/mol. The number of hydrogen-bond acceptors (Lipinski definition) is 4. The molecule has 0 radical (unpaired) electrons. The summed E-state index contributed by atoms with van der Waals surface area (Å²) in [5.41, 5.74) is 3.24. The number of rotatable bonds is 5. The van der Waals surface area contributed by atoms with Gasteiger partial charge in [-0.2, -0.15) is 0 Å². The van der Waals surface area contributed by atoms with Crippen molar-refractivity contribution in [2.45, 2.75) is 19.9 Å². The van der Waals surface area contributed by atoms with Crippen molar-refractivity contribution in [1.82, 2.24) is 9.97 Å². The van der Waals surface area contributed by atoms with Gasteiger partial charge >= 0.3 is 0 Å². The first-order valence-corrected chi connectivity index (χ1v) is 8.16. The predicted octanol–water partition coefficient (Wildman–Crippen LogP) is 5.36. The molecule has 1 heterocycles. The Morgan fingerprint density at radius 1 is 0.958 bits per heavy atom. The van der Waals surface area contributed by atoms with Crippen LogP contribution in [-0.2, 0) is 0 Å².